The molecular weight excluding hydrogens is 620 g/mol. The fraction of sp³-hybridized carbons (Fsp3) is 0.382. The van der Waals surface area contributed by atoms with Gasteiger partial charge in [-0.2, -0.15) is 5.21 Å². The van der Waals surface area contributed by atoms with E-state index in [2.05, 4.69) is 30.9 Å². The highest BCUT2D eigenvalue weighted by atomic mass is 35.5. The second-order valence-corrected chi connectivity index (χ2v) is 13.2. The molecule has 1 aliphatic carbocycles. The second-order valence-electron chi connectivity index (χ2n) is 12.8. The van der Waals surface area contributed by atoms with Crippen LogP contribution in [0.15, 0.2) is 67.0 Å². The number of halogens is 1. The molecule has 246 valence electrons. The van der Waals surface area contributed by atoms with Crippen molar-refractivity contribution in [3.63, 3.8) is 0 Å². The fourth-order valence-electron chi connectivity index (χ4n) is 5.81. The molecule has 5 rings (SSSR count). The summed E-state index contributed by atoms with van der Waals surface area (Å²) in [4.78, 5) is 45.3. The number of carbonyl (C=O) groups is 3. The highest BCUT2D eigenvalue weighted by molar-refractivity contribution is 6.30. The molecule has 0 aliphatic heterocycles. The van der Waals surface area contributed by atoms with Crippen molar-refractivity contribution in [3.05, 3.63) is 77.6 Å². The quantitative estimate of drug-likeness (QED) is 0.205. The van der Waals surface area contributed by atoms with Gasteiger partial charge >= 0.3 is 6.09 Å². The molecule has 2 aromatic carbocycles. The number of benzene rings is 2. The van der Waals surface area contributed by atoms with Crippen LogP contribution in [0.25, 0.3) is 22.5 Å². The number of aromatic amines is 1. The van der Waals surface area contributed by atoms with Gasteiger partial charge in [-0.05, 0) is 99.0 Å². The minimum atomic E-state index is -0.941. The first kappa shape index (κ1) is 33.5. The van der Waals surface area contributed by atoms with E-state index in [9.17, 15) is 14.4 Å². The number of rotatable bonds is 10. The van der Waals surface area contributed by atoms with E-state index in [4.69, 9.17) is 22.1 Å². The maximum Gasteiger partial charge on any atom is 0.407 e. The number of pyridine rings is 1. The lowest BCUT2D eigenvalue weighted by Gasteiger charge is -2.36. The highest BCUT2D eigenvalue weighted by Crippen LogP contribution is 2.33. The number of tetrazole rings is 1. The van der Waals surface area contributed by atoms with Crippen LogP contribution < -0.4 is 16.0 Å². The molecule has 13 heteroatoms. The van der Waals surface area contributed by atoms with E-state index in [1.54, 1.807) is 41.6 Å². The number of anilines is 1. The minimum Gasteiger partial charge on any atom is -0.444 e. The van der Waals surface area contributed by atoms with Crippen LogP contribution in [0.1, 0.15) is 52.0 Å². The van der Waals surface area contributed by atoms with Gasteiger partial charge in [0, 0.05) is 48.1 Å². The Hall–Kier alpha value is -4.84. The lowest BCUT2D eigenvalue weighted by molar-refractivity contribution is -0.127. The van der Waals surface area contributed by atoms with E-state index in [0.717, 1.165) is 29.5 Å². The molecule has 2 heterocycles. The van der Waals surface area contributed by atoms with E-state index in [1.165, 1.54) is 0 Å². The molecule has 1 atom stereocenters. The van der Waals surface area contributed by atoms with Crippen LogP contribution in [0.4, 0.5) is 10.5 Å². The van der Waals surface area contributed by atoms with Crippen molar-refractivity contribution in [1.82, 2.24) is 30.9 Å². The highest BCUT2D eigenvalue weighted by Gasteiger charge is 2.36. The normalized spacial score (nSPS) is 17.0. The Kier molecular flexibility index (Phi) is 10.5. The molecule has 1 saturated carbocycles. The van der Waals surface area contributed by atoms with Crippen molar-refractivity contribution in [1.29, 1.82) is 0 Å². The van der Waals surface area contributed by atoms with Crippen molar-refractivity contribution in [2.75, 3.05) is 11.4 Å². The average molecular weight is 659 g/mol. The van der Waals surface area contributed by atoms with Gasteiger partial charge in [0.25, 0.3) is 0 Å². The Labute approximate surface area is 278 Å². The van der Waals surface area contributed by atoms with Crippen molar-refractivity contribution in [3.8, 4) is 22.5 Å². The molecule has 4 N–H and O–H groups in total. The van der Waals surface area contributed by atoms with Crippen LogP contribution in [-0.4, -0.2) is 61.7 Å². The van der Waals surface area contributed by atoms with Gasteiger partial charge in [-0.1, -0.05) is 35.9 Å². The van der Waals surface area contributed by atoms with E-state index in [-0.39, 0.29) is 24.2 Å². The summed E-state index contributed by atoms with van der Waals surface area (Å²) in [6, 6.07) is 15.7. The van der Waals surface area contributed by atoms with Gasteiger partial charge in [-0.25, -0.2) is 4.79 Å². The number of nitrogens with zero attached hydrogens (tertiary/aromatic N) is 5. The third-order valence-electron chi connectivity index (χ3n) is 8.18. The van der Waals surface area contributed by atoms with Crippen LogP contribution >= 0.6 is 11.6 Å². The zero-order chi connectivity index (χ0) is 33.6. The lowest BCUT2D eigenvalue weighted by atomic mass is 9.81. The van der Waals surface area contributed by atoms with Gasteiger partial charge in [-0.15, -0.1) is 10.2 Å². The molecule has 0 bridgehead atoms. The molecule has 47 heavy (non-hydrogen) atoms. The number of alkyl carbamates (subject to hydrolysis) is 1. The van der Waals surface area contributed by atoms with Crippen LogP contribution in [-0.2, 0) is 20.7 Å². The zero-order valence-corrected chi connectivity index (χ0v) is 27.4. The van der Waals surface area contributed by atoms with Crippen LogP contribution in [0.2, 0.25) is 5.02 Å². The fourth-order valence-corrected chi connectivity index (χ4v) is 5.99. The van der Waals surface area contributed by atoms with Gasteiger partial charge in [0.05, 0.1) is 5.02 Å². The Morgan fingerprint density at radius 2 is 1.68 bits per heavy atom. The first-order chi connectivity index (χ1) is 22.5. The third kappa shape index (κ3) is 8.91. The molecule has 0 spiro atoms. The first-order valence-electron chi connectivity index (χ1n) is 15.6. The number of aromatic nitrogens is 5. The summed E-state index contributed by atoms with van der Waals surface area (Å²) in [6.07, 6.45) is 5.80. The number of ether oxygens (including phenoxy) is 1. The second kappa shape index (κ2) is 14.7. The zero-order valence-electron chi connectivity index (χ0n) is 26.6. The van der Waals surface area contributed by atoms with Crippen molar-refractivity contribution in [2.45, 2.75) is 64.5 Å². The largest absolute Gasteiger partial charge is 0.444 e. The average Bonchev–Trinajstić information content (AvgIpc) is 3.59. The van der Waals surface area contributed by atoms with Crippen molar-refractivity contribution in [2.24, 2.45) is 17.6 Å². The standard InChI is InChI=1S/C34H39ClN8O4/c1-34(2,3)47-33(46)38-18-22-6-10-25(11-7-22)32(45)43(28-14-12-24(13-15-28)31-39-41-42-40-31)29(30(36)44)16-21-4-8-23(9-5-21)26-17-27(35)20-37-19-26/h4-5,8-9,12-15,17,19-20,22,25,29H,6-7,10-11,16,18H2,1-3H3,(H2,36,44)(H,38,46)(H,39,40,41,42)/t22-,25-,29-/m0/s1. The molecular formula is C34H39ClN8O4. The summed E-state index contributed by atoms with van der Waals surface area (Å²) >= 11 is 6.13. The molecule has 2 aromatic heterocycles. The summed E-state index contributed by atoms with van der Waals surface area (Å²) < 4.78 is 5.36. The van der Waals surface area contributed by atoms with Gasteiger partial charge in [0.1, 0.15) is 11.6 Å². The Morgan fingerprint density at radius 1 is 1.00 bits per heavy atom. The first-order valence-corrected chi connectivity index (χ1v) is 16.0. The lowest BCUT2D eigenvalue weighted by Crippen LogP contribution is -2.52. The Bertz CT molecular complexity index is 1670. The summed E-state index contributed by atoms with van der Waals surface area (Å²) in [6.45, 7) is 5.94. The molecule has 4 aromatic rings. The number of H-pyrrole nitrogens is 1. The van der Waals surface area contributed by atoms with Gasteiger partial charge in [0.15, 0.2) is 0 Å². The Morgan fingerprint density at radius 3 is 2.28 bits per heavy atom. The summed E-state index contributed by atoms with van der Waals surface area (Å²) in [5, 5.41) is 17.5. The third-order valence-corrected chi connectivity index (χ3v) is 8.38. The number of carbonyl (C=O) groups excluding carboxylic acids is 3. The summed E-state index contributed by atoms with van der Waals surface area (Å²) in [5.74, 6) is -0.465. The van der Waals surface area contributed by atoms with Gasteiger partial charge in [-0.3, -0.25) is 19.5 Å². The number of nitrogens with two attached hydrogens (primary N) is 1. The topological polar surface area (TPSA) is 169 Å². The molecule has 3 amide bonds. The number of hydrogen-bond donors (Lipinski definition) is 3. The number of amides is 3. The van der Waals surface area contributed by atoms with Crippen LogP contribution in [0.3, 0.4) is 0 Å². The number of nitrogens with one attached hydrogen (secondary N) is 2. The molecule has 12 nitrogen and oxygen atoms in total. The number of primary amides is 1. The maximum atomic E-state index is 14.3. The van der Waals surface area contributed by atoms with Crippen LogP contribution in [0, 0.1) is 11.8 Å². The summed E-state index contributed by atoms with van der Waals surface area (Å²) in [5.41, 5.74) is 9.32. The molecule has 1 fully saturated rings. The van der Waals surface area contributed by atoms with Crippen LogP contribution in [0.5, 0.6) is 0 Å². The molecule has 0 radical (unpaired) electrons. The minimum absolute atomic E-state index is 0.165. The SMILES string of the molecule is CC(C)(C)OC(=O)NC[C@H]1CC[C@H](C(=O)N(c2ccc(-c3nn[nH]n3)cc2)[C@@H](Cc2ccc(-c3cncc(Cl)c3)cc2)C(N)=O)CC1. The predicted octanol–water partition coefficient (Wildman–Crippen LogP) is 5.34. The van der Waals surface area contributed by atoms with Crippen molar-refractivity contribution >= 4 is 35.2 Å². The predicted molar refractivity (Wildman–Crippen MR) is 178 cm³/mol. The van der Waals surface area contributed by atoms with E-state index >= 15 is 0 Å². The monoisotopic (exact) mass is 658 g/mol. The molecule has 1 aliphatic rings. The smallest absolute Gasteiger partial charge is 0.407 e. The number of hydrogen-bond acceptors (Lipinski definition) is 8. The van der Waals surface area contributed by atoms with Crippen molar-refractivity contribution < 1.29 is 19.1 Å². The Balaban J connectivity index is 1.35. The molecule has 0 unspecified atom stereocenters. The summed E-state index contributed by atoms with van der Waals surface area (Å²) in [7, 11) is 0. The van der Waals surface area contributed by atoms with E-state index < -0.39 is 23.6 Å². The maximum absolute atomic E-state index is 14.3. The van der Waals surface area contributed by atoms with E-state index in [0.29, 0.717) is 41.5 Å². The van der Waals surface area contributed by atoms with Gasteiger partial charge in [0.2, 0.25) is 17.6 Å². The molecule has 0 saturated heterocycles. The van der Waals surface area contributed by atoms with Gasteiger partial charge < -0.3 is 15.8 Å². The van der Waals surface area contributed by atoms with E-state index in [1.807, 2.05) is 51.1 Å².